The zero-order valence-electron chi connectivity index (χ0n) is 7.20. The second-order valence-electron chi connectivity index (χ2n) is 3.18. The highest BCUT2D eigenvalue weighted by Gasteiger charge is 2.31. The third kappa shape index (κ3) is 5.10. The van der Waals surface area contributed by atoms with E-state index in [1.54, 1.807) is 6.92 Å². The lowest BCUT2D eigenvalue weighted by Gasteiger charge is -2.19. The Morgan fingerprint density at radius 2 is 1.55 bits per heavy atom. The minimum atomic E-state index is -4.00. The molecule has 0 radical (unpaired) electrons. The van der Waals surface area contributed by atoms with Crippen molar-refractivity contribution >= 4 is 0 Å². The number of hydrogen-bond acceptors (Lipinski definition) is 0. The van der Waals surface area contributed by atoms with Crippen molar-refractivity contribution in [3.05, 3.63) is 0 Å². The van der Waals surface area contributed by atoms with Crippen LogP contribution in [0.15, 0.2) is 0 Å². The molecule has 0 nitrogen and oxygen atoms in total. The molecule has 2 atom stereocenters. The zero-order valence-corrected chi connectivity index (χ0v) is 7.20. The number of halogens is 3. The van der Waals surface area contributed by atoms with Crippen molar-refractivity contribution in [2.75, 3.05) is 0 Å². The molecule has 68 valence electrons. The maximum Gasteiger partial charge on any atom is 0.389 e. The van der Waals surface area contributed by atoms with Gasteiger partial charge >= 0.3 is 6.18 Å². The lowest BCUT2D eigenvalue weighted by Crippen LogP contribution is -2.17. The minimum Gasteiger partial charge on any atom is -0.171 e. The topological polar surface area (TPSA) is 0 Å². The van der Waals surface area contributed by atoms with Gasteiger partial charge in [-0.3, -0.25) is 0 Å². The maximum absolute atomic E-state index is 11.8. The van der Waals surface area contributed by atoms with Gasteiger partial charge in [-0.15, -0.1) is 0 Å². The summed E-state index contributed by atoms with van der Waals surface area (Å²) in [6.07, 6.45) is -3.83. The molecule has 1 unspecified atom stereocenters. The van der Waals surface area contributed by atoms with Gasteiger partial charge in [0.2, 0.25) is 0 Å². The van der Waals surface area contributed by atoms with Gasteiger partial charge in [0.1, 0.15) is 0 Å². The van der Waals surface area contributed by atoms with Crippen LogP contribution < -0.4 is 0 Å². The van der Waals surface area contributed by atoms with E-state index in [4.69, 9.17) is 0 Å². The second kappa shape index (κ2) is 3.98. The third-order valence-corrected chi connectivity index (χ3v) is 2.17. The highest BCUT2D eigenvalue weighted by atomic mass is 19.4. The molecule has 0 aromatic heterocycles. The van der Waals surface area contributed by atoms with Crippen LogP contribution in [0.1, 0.15) is 33.6 Å². The monoisotopic (exact) mass is 168 g/mol. The fourth-order valence-electron chi connectivity index (χ4n) is 0.969. The lowest BCUT2D eigenvalue weighted by atomic mass is 9.91. The van der Waals surface area contributed by atoms with Crippen molar-refractivity contribution in [2.24, 2.45) is 11.8 Å². The molecule has 0 rings (SSSR count). The van der Waals surface area contributed by atoms with Gasteiger partial charge in [0, 0.05) is 6.42 Å². The molecule has 0 aromatic carbocycles. The first kappa shape index (κ1) is 10.8. The van der Waals surface area contributed by atoms with E-state index in [9.17, 15) is 13.2 Å². The highest BCUT2D eigenvalue weighted by molar-refractivity contribution is 4.64. The summed E-state index contributed by atoms with van der Waals surface area (Å²) in [6.45, 7) is 5.43. The Bertz CT molecular complexity index is 106. The fourth-order valence-corrected chi connectivity index (χ4v) is 0.969. The van der Waals surface area contributed by atoms with Gasteiger partial charge in [-0.25, -0.2) is 0 Å². The molecule has 0 amide bonds. The molecule has 0 heterocycles. The molecule has 0 aliphatic carbocycles. The first-order valence-corrected chi connectivity index (χ1v) is 3.93. The lowest BCUT2D eigenvalue weighted by molar-refractivity contribution is -0.146. The average molecular weight is 168 g/mol. The Morgan fingerprint density at radius 3 is 1.82 bits per heavy atom. The van der Waals surface area contributed by atoms with Crippen LogP contribution in [0.5, 0.6) is 0 Å². The van der Waals surface area contributed by atoms with E-state index in [2.05, 4.69) is 0 Å². The van der Waals surface area contributed by atoms with Crippen molar-refractivity contribution in [1.82, 2.24) is 0 Å². The van der Waals surface area contributed by atoms with E-state index in [1.165, 1.54) is 0 Å². The molecule has 0 bridgehead atoms. The standard InChI is InChI=1S/C8H15F3/c1-4-6(2)7(3)5-8(9,10)11/h6-7H,4-5H2,1-3H3/t6-,7?/m1/s1. The SMILES string of the molecule is CC[C@@H](C)C(C)CC(F)(F)F. The summed E-state index contributed by atoms with van der Waals surface area (Å²) in [6, 6.07) is 0. The minimum absolute atomic E-state index is 0.164. The van der Waals surface area contributed by atoms with Crippen LogP contribution in [0.25, 0.3) is 0 Å². The van der Waals surface area contributed by atoms with Gasteiger partial charge < -0.3 is 0 Å². The summed E-state index contributed by atoms with van der Waals surface area (Å²) in [5, 5.41) is 0. The van der Waals surface area contributed by atoms with Crippen LogP contribution in [-0.4, -0.2) is 6.18 Å². The van der Waals surface area contributed by atoms with E-state index >= 15 is 0 Å². The van der Waals surface area contributed by atoms with Crippen LogP contribution >= 0.6 is 0 Å². The van der Waals surface area contributed by atoms with Gasteiger partial charge in [-0.2, -0.15) is 13.2 Å². The van der Waals surface area contributed by atoms with Gasteiger partial charge in [-0.1, -0.05) is 27.2 Å². The molecule has 0 saturated carbocycles. The van der Waals surface area contributed by atoms with Crippen molar-refractivity contribution < 1.29 is 13.2 Å². The van der Waals surface area contributed by atoms with Gasteiger partial charge in [-0.05, 0) is 11.8 Å². The molecule has 3 heteroatoms. The normalized spacial score (nSPS) is 18.0. The summed E-state index contributed by atoms with van der Waals surface area (Å²) in [5.41, 5.74) is 0. The van der Waals surface area contributed by atoms with E-state index in [1.807, 2.05) is 13.8 Å². The molecule has 11 heavy (non-hydrogen) atoms. The van der Waals surface area contributed by atoms with Crippen molar-refractivity contribution in [3.8, 4) is 0 Å². The van der Waals surface area contributed by atoms with E-state index in [-0.39, 0.29) is 11.8 Å². The van der Waals surface area contributed by atoms with E-state index in [0.29, 0.717) is 0 Å². The second-order valence-corrected chi connectivity index (χ2v) is 3.18. The quantitative estimate of drug-likeness (QED) is 0.603. The summed E-state index contributed by atoms with van der Waals surface area (Å²) in [5.74, 6) is -0.0865. The Morgan fingerprint density at radius 1 is 1.09 bits per heavy atom. The molecular weight excluding hydrogens is 153 g/mol. The third-order valence-electron chi connectivity index (χ3n) is 2.17. The van der Waals surface area contributed by atoms with Crippen molar-refractivity contribution in [3.63, 3.8) is 0 Å². The van der Waals surface area contributed by atoms with Crippen LogP contribution in [0.2, 0.25) is 0 Å². The molecule has 0 spiro atoms. The van der Waals surface area contributed by atoms with Gasteiger partial charge in [0.15, 0.2) is 0 Å². The van der Waals surface area contributed by atoms with Crippen LogP contribution in [0, 0.1) is 11.8 Å². The largest absolute Gasteiger partial charge is 0.389 e. The predicted octanol–water partition coefficient (Wildman–Crippen LogP) is 3.62. The number of alkyl halides is 3. The maximum atomic E-state index is 11.8. The highest BCUT2D eigenvalue weighted by Crippen LogP contribution is 2.29. The van der Waals surface area contributed by atoms with E-state index in [0.717, 1.165) is 6.42 Å². The first-order valence-electron chi connectivity index (χ1n) is 3.93. The van der Waals surface area contributed by atoms with Crippen LogP contribution in [0.4, 0.5) is 13.2 Å². The Kier molecular flexibility index (Phi) is 3.90. The molecule has 0 aromatic rings. The van der Waals surface area contributed by atoms with Crippen LogP contribution in [-0.2, 0) is 0 Å². The Hall–Kier alpha value is -0.210. The van der Waals surface area contributed by atoms with Gasteiger partial charge in [0.25, 0.3) is 0 Å². The molecule has 0 aliphatic rings. The Balaban J connectivity index is 3.77. The summed E-state index contributed by atoms with van der Waals surface area (Å²) < 4.78 is 35.4. The first-order chi connectivity index (χ1) is 4.87. The van der Waals surface area contributed by atoms with Crippen molar-refractivity contribution in [2.45, 2.75) is 39.8 Å². The molecule has 0 saturated heterocycles. The van der Waals surface area contributed by atoms with Gasteiger partial charge in [0.05, 0.1) is 0 Å². The van der Waals surface area contributed by atoms with Crippen LogP contribution in [0.3, 0.4) is 0 Å². The fraction of sp³-hybridized carbons (Fsp3) is 1.00. The van der Waals surface area contributed by atoms with Crippen molar-refractivity contribution in [1.29, 1.82) is 0 Å². The summed E-state index contributed by atoms with van der Waals surface area (Å²) in [4.78, 5) is 0. The smallest absolute Gasteiger partial charge is 0.171 e. The Labute approximate surface area is 65.8 Å². The molecule has 0 aliphatic heterocycles. The van der Waals surface area contributed by atoms with E-state index < -0.39 is 12.6 Å². The molecule has 0 N–H and O–H groups in total. The average Bonchev–Trinajstić information content (AvgIpc) is 1.82. The predicted molar refractivity (Wildman–Crippen MR) is 39.3 cm³/mol. The number of hydrogen-bond donors (Lipinski definition) is 0. The summed E-state index contributed by atoms with van der Waals surface area (Å²) in [7, 11) is 0. The molecular formula is C8H15F3. The summed E-state index contributed by atoms with van der Waals surface area (Å²) >= 11 is 0. The number of rotatable bonds is 3. The molecule has 0 fully saturated rings. The zero-order chi connectivity index (χ0) is 9.07.